The monoisotopic (exact) mass is 323 g/mol. The molecule has 2 amide bonds. The Kier molecular flexibility index (Phi) is 5.28. The summed E-state index contributed by atoms with van der Waals surface area (Å²) in [5, 5.41) is 2.91. The van der Waals surface area contributed by atoms with Crippen molar-refractivity contribution in [2.24, 2.45) is 7.05 Å². The molecule has 1 aliphatic heterocycles. The van der Waals surface area contributed by atoms with Crippen LogP contribution in [0.15, 0.2) is 18.7 Å². The quantitative estimate of drug-likeness (QED) is 0.835. The fraction of sp³-hybridized carbons (Fsp3) is 0.688. The number of nitrogens with zero attached hydrogens (tertiary/aromatic N) is 3. The zero-order valence-corrected chi connectivity index (χ0v) is 14.4. The first-order chi connectivity index (χ1) is 10.8. The summed E-state index contributed by atoms with van der Waals surface area (Å²) in [5.41, 5.74) is -0.551. The number of carbonyl (C=O) groups excluding carboxylic acids is 2. The molecule has 1 N–H and O–H groups in total. The number of likely N-dealkylation sites (tertiary alicyclic amines) is 1. The number of amides is 2. The van der Waals surface area contributed by atoms with Gasteiger partial charge in [0.05, 0.1) is 13.6 Å². The molecule has 1 aromatic heterocycles. The van der Waals surface area contributed by atoms with Crippen LogP contribution in [0, 0.1) is 0 Å². The lowest BCUT2D eigenvalue weighted by Gasteiger charge is -2.27. The van der Waals surface area contributed by atoms with Crippen LogP contribution in [-0.4, -0.2) is 46.2 Å². The molecular weight excluding hydrogens is 296 g/mol. The number of imidazole rings is 1. The standard InChI is InChI=1S/C16H26N4O3/c1-16(2,3)23-15(22)20-8-5-6-13(20)14(21)17-7-9-19-11-10-18(4)12-19/h10-13H,5-9H2,1-4H3/p+1/t13-/m0/s1. The topological polar surface area (TPSA) is 67.5 Å². The SMILES string of the molecule is C[n+]1ccn(CCNC(=O)[C@@H]2CCCN2C(=O)OC(C)(C)C)c1. The summed E-state index contributed by atoms with van der Waals surface area (Å²) in [6.07, 6.45) is 6.95. The van der Waals surface area contributed by atoms with Crippen LogP contribution in [0.25, 0.3) is 0 Å². The van der Waals surface area contributed by atoms with Crippen LogP contribution in [0.2, 0.25) is 0 Å². The number of aryl methyl sites for hydroxylation is 1. The first-order valence-electron chi connectivity index (χ1n) is 8.04. The van der Waals surface area contributed by atoms with Gasteiger partial charge < -0.3 is 10.1 Å². The average Bonchev–Trinajstić information content (AvgIpc) is 3.05. The van der Waals surface area contributed by atoms with Crippen molar-refractivity contribution in [3.63, 3.8) is 0 Å². The molecule has 1 aliphatic rings. The molecule has 2 heterocycles. The summed E-state index contributed by atoms with van der Waals surface area (Å²) in [6, 6.07) is -0.425. The fourth-order valence-corrected chi connectivity index (χ4v) is 2.64. The minimum atomic E-state index is -0.551. The first-order valence-corrected chi connectivity index (χ1v) is 8.04. The van der Waals surface area contributed by atoms with Gasteiger partial charge in [-0.1, -0.05) is 0 Å². The molecule has 1 fully saturated rings. The summed E-state index contributed by atoms with van der Waals surface area (Å²) in [4.78, 5) is 26.1. The summed E-state index contributed by atoms with van der Waals surface area (Å²) in [7, 11) is 1.95. The minimum absolute atomic E-state index is 0.107. The lowest BCUT2D eigenvalue weighted by molar-refractivity contribution is -0.671. The molecule has 0 unspecified atom stereocenters. The van der Waals surface area contributed by atoms with E-state index < -0.39 is 17.7 Å². The number of carbonyl (C=O) groups is 2. The van der Waals surface area contributed by atoms with Crippen molar-refractivity contribution in [2.45, 2.75) is 51.8 Å². The number of nitrogens with one attached hydrogen (secondary N) is 1. The first kappa shape index (κ1) is 17.3. The summed E-state index contributed by atoms with van der Waals surface area (Å²) >= 11 is 0. The molecule has 0 bridgehead atoms. The second kappa shape index (κ2) is 7.02. The van der Waals surface area contributed by atoms with Crippen molar-refractivity contribution in [3.05, 3.63) is 18.7 Å². The van der Waals surface area contributed by atoms with Gasteiger partial charge in [-0.05, 0) is 33.6 Å². The molecule has 7 nitrogen and oxygen atoms in total. The van der Waals surface area contributed by atoms with E-state index in [2.05, 4.69) is 5.32 Å². The zero-order valence-electron chi connectivity index (χ0n) is 14.4. The minimum Gasteiger partial charge on any atom is -0.444 e. The van der Waals surface area contributed by atoms with Crippen LogP contribution in [0.4, 0.5) is 4.79 Å². The van der Waals surface area contributed by atoms with Gasteiger partial charge in [-0.3, -0.25) is 9.69 Å². The van der Waals surface area contributed by atoms with Crippen LogP contribution in [0.5, 0.6) is 0 Å². The summed E-state index contributed by atoms with van der Waals surface area (Å²) in [5.74, 6) is -0.107. The highest BCUT2D eigenvalue weighted by Crippen LogP contribution is 2.20. The summed E-state index contributed by atoms with van der Waals surface area (Å²) in [6.45, 7) is 7.28. The second-order valence-corrected chi connectivity index (χ2v) is 6.94. The third-order valence-electron chi connectivity index (χ3n) is 3.68. The molecule has 1 saturated heterocycles. The predicted molar refractivity (Wildman–Crippen MR) is 84.6 cm³/mol. The van der Waals surface area contributed by atoms with E-state index in [-0.39, 0.29) is 5.91 Å². The Balaban J connectivity index is 1.84. The van der Waals surface area contributed by atoms with Crippen LogP contribution in [0.3, 0.4) is 0 Å². The van der Waals surface area contributed by atoms with E-state index in [0.717, 1.165) is 6.42 Å². The Hall–Kier alpha value is -2.05. The highest BCUT2D eigenvalue weighted by Gasteiger charge is 2.36. The number of aromatic nitrogens is 2. The van der Waals surface area contributed by atoms with Crippen molar-refractivity contribution in [1.82, 2.24) is 14.8 Å². The third-order valence-corrected chi connectivity index (χ3v) is 3.68. The Labute approximate surface area is 137 Å². The Morgan fingerprint density at radius 1 is 1.39 bits per heavy atom. The number of hydrogen-bond donors (Lipinski definition) is 1. The van der Waals surface area contributed by atoms with E-state index in [0.29, 0.717) is 26.1 Å². The Morgan fingerprint density at radius 3 is 2.74 bits per heavy atom. The van der Waals surface area contributed by atoms with Gasteiger partial charge in [0.15, 0.2) is 0 Å². The third kappa shape index (κ3) is 4.97. The zero-order chi connectivity index (χ0) is 17.0. The lowest BCUT2D eigenvalue weighted by Crippen LogP contribution is -2.48. The molecule has 1 atom stereocenters. The van der Waals surface area contributed by atoms with Gasteiger partial charge in [-0.2, -0.15) is 0 Å². The number of rotatable bonds is 4. The maximum Gasteiger partial charge on any atom is 0.410 e. The van der Waals surface area contributed by atoms with Crippen molar-refractivity contribution in [1.29, 1.82) is 0 Å². The summed E-state index contributed by atoms with van der Waals surface area (Å²) < 4.78 is 9.33. The molecule has 0 spiro atoms. The van der Waals surface area contributed by atoms with E-state index in [9.17, 15) is 9.59 Å². The second-order valence-electron chi connectivity index (χ2n) is 6.94. The molecule has 128 valence electrons. The van der Waals surface area contributed by atoms with Crippen LogP contribution >= 0.6 is 0 Å². The van der Waals surface area contributed by atoms with E-state index in [1.54, 1.807) is 0 Å². The van der Waals surface area contributed by atoms with Crippen LogP contribution in [0.1, 0.15) is 33.6 Å². The molecule has 0 radical (unpaired) electrons. The van der Waals surface area contributed by atoms with E-state index >= 15 is 0 Å². The van der Waals surface area contributed by atoms with Crippen molar-refractivity contribution in [3.8, 4) is 0 Å². The normalized spacial score (nSPS) is 18.1. The molecular formula is C16H27N4O3+. The average molecular weight is 323 g/mol. The van der Waals surface area contributed by atoms with E-state index in [1.165, 1.54) is 4.90 Å². The molecule has 0 aromatic carbocycles. The largest absolute Gasteiger partial charge is 0.444 e. The molecule has 2 rings (SSSR count). The van der Waals surface area contributed by atoms with Gasteiger partial charge in [0.1, 0.15) is 30.6 Å². The van der Waals surface area contributed by atoms with Gasteiger partial charge in [0.25, 0.3) is 0 Å². The van der Waals surface area contributed by atoms with Gasteiger partial charge in [0.2, 0.25) is 12.2 Å². The number of hydrogen-bond acceptors (Lipinski definition) is 3. The molecule has 0 saturated carbocycles. The lowest BCUT2D eigenvalue weighted by atomic mass is 10.2. The maximum atomic E-state index is 12.3. The highest BCUT2D eigenvalue weighted by atomic mass is 16.6. The van der Waals surface area contributed by atoms with Crippen LogP contribution < -0.4 is 9.88 Å². The highest BCUT2D eigenvalue weighted by molar-refractivity contribution is 5.86. The fourth-order valence-electron chi connectivity index (χ4n) is 2.64. The molecule has 0 aliphatic carbocycles. The number of ether oxygens (including phenoxy) is 1. The van der Waals surface area contributed by atoms with E-state index in [4.69, 9.17) is 4.74 Å². The maximum absolute atomic E-state index is 12.3. The van der Waals surface area contributed by atoms with E-state index in [1.807, 2.05) is 55.7 Å². The Bertz CT molecular complexity index is 562. The van der Waals surface area contributed by atoms with Crippen molar-refractivity contribution >= 4 is 12.0 Å². The molecule has 7 heteroatoms. The van der Waals surface area contributed by atoms with Crippen molar-refractivity contribution in [2.75, 3.05) is 13.1 Å². The molecule has 1 aromatic rings. The van der Waals surface area contributed by atoms with Gasteiger partial charge >= 0.3 is 6.09 Å². The van der Waals surface area contributed by atoms with Gasteiger partial charge in [-0.25, -0.2) is 13.9 Å². The molecule has 23 heavy (non-hydrogen) atoms. The predicted octanol–water partition coefficient (Wildman–Crippen LogP) is 0.828. The van der Waals surface area contributed by atoms with Gasteiger partial charge in [0, 0.05) is 6.54 Å². The smallest absolute Gasteiger partial charge is 0.410 e. The van der Waals surface area contributed by atoms with Crippen LogP contribution in [-0.2, 0) is 23.1 Å². The Morgan fingerprint density at radius 2 is 2.13 bits per heavy atom. The van der Waals surface area contributed by atoms with Gasteiger partial charge in [-0.15, -0.1) is 0 Å². The van der Waals surface area contributed by atoms with Crippen molar-refractivity contribution < 1.29 is 18.9 Å².